The summed E-state index contributed by atoms with van der Waals surface area (Å²) in [6.45, 7) is 1.94. The smallest absolute Gasteiger partial charge is 0.550 e. The largest absolute Gasteiger partial charge is 2.00 e. The molecule has 0 bridgehead atoms. The number of carbonyl (C=O) groups is 2. The van der Waals surface area contributed by atoms with Crippen LogP contribution in [0.25, 0.3) is 10.8 Å². The van der Waals surface area contributed by atoms with E-state index in [2.05, 4.69) is 9.98 Å². The Morgan fingerprint density at radius 3 is 1.15 bits per heavy atom. The van der Waals surface area contributed by atoms with Gasteiger partial charge in [-0.2, -0.15) is 52.7 Å². The minimum absolute atomic E-state index is 0. The molecule has 0 fully saturated rings. The molecular weight excluding hydrogens is 795 g/mol. The first-order valence-electron chi connectivity index (χ1n) is 13.6. The Balaban J connectivity index is 0.00000142. The third-order valence-electron chi connectivity index (χ3n) is 6.09. The molecule has 4 rings (SSSR count). The first-order chi connectivity index (χ1) is 23.6. The number of carboxylic acid groups (broad SMARTS) is 2. The van der Waals surface area contributed by atoms with Crippen LogP contribution in [0.1, 0.15) is 47.2 Å². The second-order valence-corrected chi connectivity index (χ2v) is 10.1. The van der Waals surface area contributed by atoms with E-state index in [0.717, 1.165) is 13.8 Å². The molecule has 0 aliphatic rings. The van der Waals surface area contributed by atoms with Crippen LogP contribution in [0.3, 0.4) is 0 Å². The number of hydrogen-bond donors (Lipinski definition) is 2. The molecule has 0 saturated carbocycles. The van der Waals surface area contributed by atoms with E-state index in [9.17, 15) is 62.9 Å². The number of nitrogens with zero attached hydrogens (tertiary/aromatic N) is 2. The van der Waals surface area contributed by atoms with E-state index < -0.39 is 81.5 Å². The summed E-state index contributed by atoms with van der Waals surface area (Å²) in [4.78, 5) is 25.6. The molecular formula is C32H20CoF12N2O6. The third kappa shape index (κ3) is 13.0. The van der Waals surface area contributed by atoms with Crippen molar-refractivity contribution >= 4 is 46.5 Å². The molecule has 4 aromatic carbocycles. The fourth-order valence-corrected chi connectivity index (χ4v) is 4.07. The summed E-state index contributed by atoms with van der Waals surface area (Å²) < 4.78 is 160. The quantitative estimate of drug-likeness (QED) is 0.163. The number of phenolic OH excluding ortho intramolecular Hbond substituents is 2. The molecule has 4 aromatic rings. The van der Waals surface area contributed by atoms with Gasteiger partial charge < -0.3 is 30.0 Å². The van der Waals surface area contributed by atoms with Crippen molar-refractivity contribution in [1.29, 1.82) is 0 Å². The van der Waals surface area contributed by atoms with Gasteiger partial charge in [0.15, 0.2) is 0 Å². The van der Waals surface area contributed by atoms with Crippen LogP contribution in [0.2, 0.25) is 0 Å². The average Bonchev–Trinajstić information content (AvgIpc) is 2.97. The number of aliphatic imine (C=N–C) groups is 2. The molecule has 287 valence electrons. The molecule has 0 aromatic heterocycles. The van der Waals surface area contributed by atoms with E-state index in [1.807, 2.05) is 0 Å². The number of phenols is 2. The number of hydrogen-bond acceptors (Lipinski definition) is 8. The van der Waals surface area contributed by atoms with Crippen molar-refractivity contribution in [3.8, 4) is 11.5 Å². The predicted octanol–water partition coefficient (Wildman–Crippen LogP) is 7.34. The van der Waals surface area contributed by atoms with E-state index in [1.165, 1.54) is 36.4 Å². The van der Waals surface area contributed by atoms with Gasteiger partial charge in [-0.3, -0.25) is 9.98 Å². The van der Waals surface area contributed by atoms with Crippen molar-refractivity contribution in [1.82, 2.24) is 0 Å². The van der Waals surface area contributed by atoms with Crippen molar-refractivity contribution in [2.75, 3.05) is 0 Å². The number of aliphatic carboxylic acids is 2. The third-order valence-corrected chi connectivity index (χ3v) is 6.09. The standard InChI is InChI=1S/C28H14F12N2O2.2C2H4O2.Co/c29-25(30,31)16-7-14(23(43)18(9-16)27(35,36)37)11-41-20-5-1-3-13-4-2-6-21(22(13)20)42-12-15-8-17(26(32,33)34)10-19(24(15)44)28(38,39)40;2*1-2(3)4;/h1-12,43-44H;2*1H3,(H,3,4);/q;;;+2/p-2. The summed E-state index contributed by atoms with van der Waals surface area (Å²) in [5, 5.41) is 38.2. The second kappa shape index (κ2) is 17.5. The Hall–Kier alpha value is -5.31. The van der Waals surface area contributed by atoms with Crippen LogP contribution in [0.15, 0.2) is 70.6 Å². The van der Waals surface area contributed by atoms with Crippen LogP contribution in [0, 0.1) is 0 Å². The second-order valence-electron chi connectivity index (χ2n) is 10.1. The van der Waals surface area contributed by atoms with Crippen molar-refractivity contribution in [3.63, 3.8) is 0 Å². The predicted molar refractivity (Wildman–Crippen MR) is 156 cm³/mol. The van der Waals surface area contributed by atoms with E-state index in [-0.39, 0.29) is 57.8 Å². The Labute approximate surface area is 299 Å². The maximum absolute atomic E-state index is 13.3. The Morgan fingerprint density at radius 2 is 0.887 bits per heavy atom. The number of carbonyl (C=O) groups excluding carboxylic acids is 2. The minimum atomic E-state index is -5.36. The van der Waals surface area contributed by atoms with E-state index >= 15 is 0 Å². The molecule has 0 amide bonds. The molecule has 0 aliphatic carbocycles. The van der Waals surface area contributed by atoms with E-state index in [1.54, 1.807) is 0 Å². The average molecular weight is 815 g/mol. The fraction of sp³-hybridized carbons (Fsp3) is 0.188. The molecule has 53 heavy (non-hydrogen) atoms. The van der Waals surface area contributed by atoms with Crippen LogP contribution in [-0.4, -0.2) is 34.6 Å². The molecule has 0 saturated heterocycles. The Bertz CT molecular complexity index is 1860. The van der Waals surface area contributed by atoms with Gasteiger partial charge in [-0.1, -0.05) is 24.3 Å². The summed E-state index contributed by atoms with van der Waals surface area (Å²) in [5.74, 6) is -5.26. The van der Waals surface area contributed by atoms with Gasteiger partial charge in [0.1, 0.15) is 11.5 Å². The van der Waals surface area contributed by atoms with Gasteiger partial charge in [-0.05, 0) is 55.6 Å². The Morgan fingerprint density at radius 1 is 0.585 bits per heavy atom. The van der Waals surface area contributed by atoms with Crippen molar-refractivity contribution in [2.45, 2.75) is 38.6 Å². The monoisotopic (exact) mass is 815 g/mol. The van der Waals surface area contributed by atoms with Gasteiger partial charge >= 0.3 is 41.5 Å². The van der Waals surface area contributed by atoms with Crippen molar-refractivity contribution in [2.24, 2.45) is 9.98 Å². The van der Waals surface area contributed by atoms with Crippen LogP contribution < -0.4 is 10.2 Å². The fourth-order valence-electron chi connectivity index (χ4n) is 4.07. The summed E-state index contributed by atoms with van der Waals surface area (Å²) in [7, 11) is 0. The number of halogens is 12. The van der Waals surface area contributed by atoms with E-state index in [0.29, 0.717) is 17.8 Å². The molecule has 0 heterocycles. The molecule has 0 spiro atoms. The molecule has 21 heteroatoms. The zero-order valence-corrected chi connectivity index (χ0v) is 27.3. The van der Waals surface area contributed by atoms with Gasteiger partial charge in [-0.15, -0.1) is 0 Å². The summed E-state index contributed by atoms with van der Waals surface area (Å²) in [6, 6.07) is 8.05. The van der Waals surface area contributed by atoms with Crippen LogP contribution >= 0.6 is 0 Å². The SMILES string of the molecule is CC(=O)[O-].CC(=O)[O-].Oc1c(C=Nc2cccc3cccc(N=Cc4cc(C(F)(F)F)cc(C(F)(F)F)c4O)c23)cc(C(F)(F)F)cc1C(F)(F)F.[Co+2]. The Kier molecular flexibility index (Phi) is 15.1. The molecule has 8 nitrogen and oxygen atoms in total. The van der Waals surface area contributed by atoms with E-state index in [4.69, 9.17) is 19.8 Å². The molecule has 2 N–H and O–H groups in total. The maximum Gasteiger partial charge on any atom is 2.00 e. The summed E-state index contributed by atoms with van der Waals surface area (Å²) in [5.41, 5.74) is -9.66. The van der Waals surface area contributed by atoms with Crippen molar-refractivity contribution in [3.05, 3.63) is 94.0 Å². The first kappa shape index (κ1) is 45.7. The minimum Gasteiger partial charge on any atom is -0.550 e. The number of fused-ring (bicyclic) bond motifs is 1. The molecule has 0 aliphatic heterocycles. The van der Waals surface area contributed by atoms with Gasteiger partial charge in [0, 0.05) is 40.9 Å². The molecule has 0 atom stereocenters. The van der Waals surface area contributed by atoms with Crippen LogP contribution in [0.5, 0.6) is 11.5 Å². The van der Waals surface area contributed by atoms with Crippen LogP contribution in [-0.2, 0) is 51.1 Å². The topological polar surface area (TPSA) is 145 Å². The number of carboxylic acids is 2. The van der Waals surface area contributed by atoms with Crippen molar-refractivity contribution < 1.29 is 99.5 Å². The van der Waals surface area contributed by atoms with Crippen LogP contribution in [0.4, 0.5) is 64.1 Å². The van der Waals surface area contributed by atoms with Gasteiger partial charge in [-0.25, -0.2) is 0 Å². The zero-order valence-electron chi connectivity index (χ0n) is 26.2. The zero-order chi connectivity index (χ0) is 40.0. The number of benzene rings is 4. The number of rotatable bonds is 4. The molecule has 0 unspecified atom stereocenters. The maximum atomic E-state index is 13.3. The molecule has 1 radical (unpaired) electrons. The number of alkyl halides is 12. The van der Waals surface area contributed by atoms with Gasteiger partial charge in [0.25, 0.3) is 0 Å². The normalized spacial score (nSPS) is 12.1. The first-order valence-corrected chi connectivity index (χ1v) is 13.6. The number of aromatic hydroxyl groups is 2. The van der Waals surface area contributed by atoms with Gasteiger partial charge in [0.2, 0.25) is 0 Å². The summed E-state index contributed by atoms with van der Waals surface area (Å²) >= 11 is 0. The van der Waals surface area contributed by atoms with Gasteiger partial charge in [0.05, 0.1) is 33.6 Å². The summed E-state index contributed by atoms with van der Waals surface area (Å²) in [6.07, 6.45) is -20.1.